The topological polar surface area (TPSA) is 49.4 Å². The smallest absolute Gasteiger partial charge is 0.229 e. The van der Waals surface area contributed by atoms with Crippen LogP contribution >= 0.6 is 0 Å². The van der Waals surface area contributed by atoms with E-state index >= 15 is 0 Å². The fraction of sp³-hybridized carbons (Fsp3) is 0.263. The Kier molecular flexibility index (Phi) is 4.34. The van der Waals surface area contributed by atoms with Gasteiger partial charge < -0.3 is 10.2 Å². The second-order valence-electron chi connectivity index (χ2n) is 6.19. The number of carbonyl (C=O) groups excluding carboxylic acids is 2. The van der Waals surface area contributed by atoms with Gasteiger partial charge >= 0.3 is 0 Å². The Balaban J connectivity index is 1.72. The maximum Gasteiger partial charge on any atom is 0.229 e. The van der Waals surface area contributed by atoms with Crippen molar-refractivity contribution in [3.8, 4) is 0 Å². The lowest BCUT2D eigenvalue weighted by Crippen LogP contribution is -2.28. The van der Waals surface area contributed by atoms with E-state index in [2.05, 4.69) is 5.32 Å². The van der Waals surface area contributed by atoms with E-state index < -0.39 is 5.92 Å². The molecule has 5 heteroatoms. The van der Waals surface area contributed by atoms with Crippen LogP contribution in [0.2, 0.25) is 0 Å². The Labute approximate surface area is 140 Å². The molecule has 1 atom stereocenters. The molecule has 0 radical (unpaired) electrons. The Morgan fingerprint density at radius 1 is 1.17 bits per heavy atom. The number of nitrogens with one attached hydrogen (secondary N) is 1. The second kappa shape index (κ2) is 6.43. The summed E-state index contributed by atoms with van der Waals surface area (Å²) in [4.78, 5) is 26.2. The molecule has 0 spiro atoms. The van der Waals surface area contributed by atoms with Gasteiger partial charge in [0.2, 0.25) is 11.8 Å². The van der Waals surface area contributed by atoms with Crippen LogP contribution in [-0.2, 0) is 9.59 Å². The molecule has 1 aliphatic rings. The van der Waals surface area contributed by atoms with Crippen LogP contribution in [0.5, 0.6) is 0 Å². The first-order valence-electron chi connectivity index (χ1n) is 7.88. The largest absolute Gasteiger partial charge is 0.326 e. The first kappa shape index (κ1) is 16.2. The molecule has 0 bridgehead atoms. The summed E-state index contributed by atoms with van der Waals surface area (Å²) >= 11 is 0. The number of amides is 2. The number of anilines is 2. The molecule has 0 aliphatic carbocycles. The average molecular weight is 326 g/mol. The third-order valence-electron chi connectivity index (χ3n) is 4.29. The highest BCUT2D eigenvalue weighted by Crippen LogP contribution is 2.27. The minimum absolute atomic E-state index is 0.122. The Morgan fingerprint density at radius 3 is 2.58 bits per heavy atom. The van der Waals surface area contributed by atoms with Gasteiger partial charge in [-0.1, -0.05) is 12.1 Å². The molecular weight excluding hydrogens is 307 g/mol. The van der Waals surface area contributed by atoms with Gasteiger partial charge in [-0.2, -0.15) is 0 Å². The predicted octanol–water partition coefficient (Wildman–Crippen LogP) is 3.43. The lowest BCUT2D eigenvalue weighted by molar-refractivity contribution is -0.122. The normalized spacial score (nSPS) is 17.2. The summed E-state index contributed by atoms with van der Waals surface area (Å²) in [5, 5.41) is 2.92. The zero-order chi connectivity index (χ0) is 17.3. The summed E-state index contributed by atoms with van der Waals surface area (Å²) in [6.07, 6.45) is 0.161. The van der Waals surface area contributed by atoms with Crippen molar-refractivity contribution in [2.75, 3.05) is 16.8 Å². The van der Waals surface area contributed by atoms with E-state index in [-0.39, 0.29) is 24.1 Å². The monoisotopic (exact) mass is 326 g/mol. The van der Waals surface area contributed by atoms with E-state index in [1.54, 1.807) is 12.1 Å². The van der Waals surface area contributed by atoms with Crippen LogP contribution in [0.15, 0.2) is 42.5 Å². The number of aryl methyl sites for hydroxylation is 2. The van der Waals surface area contributed by atoms with Gasteiger partial charge in [-0.3, -0.25) is 9.59 Å². The van der Waals surface area contributed by atoms with Gasteiger partial charge in [0.1, 0.15) is 5.82 Å². The number of nitrogens with zero attached hydrogens (tertiary/aromatic N) is 1. The summed E-state index contributed by atoms with van der Waals surface area (Å²) in [5.41, 5.74) is 3.43. The number of benzene rings is 2. The van der Waals surface area contributed by atoms with E-state index in [0.29, 0.717) is 12.2 Å². The van der Waals surface area contributed by atoms with Crippen LogP contribution in [0.25, 0.3) is 0 Å². The zero-order valence-corrected chi connectivity index (χ0v) is 13.7. The van der Waals surface area contributed by atoms with Gasteiger partial charge in [-0.25, -0.2) is 4.39 Å². The fourth-order valence-electron chi connectivity index (χ4n) is 2.86. The molecule has 0 aromatic heterocycles. The number of rotatable bonds is 3. The molecule has 1 heterocycles. The van der Waals surface area contributed by atoms with E-state index in [9.17, 15) is 14.0 Å². The quantitative estimate of drug-likeness (QED) is 0.939. The van der Waals surface area contributed by atoms with E-state index in [1.807, 2.05) is 32.0 Å². The number of halogens is 1. The van der Waals surface area contributed by atoms with Crippen LogP contribution in [0, 0.1) is 25.6 Å². The SMILES string of the molecule is Cc1ccc(C)c(NC(=O)C2CC(=O)N(c3ccc(F)cc3)C2)c1. The van der Waals surface area contributed by atoms with Crippen molar-refractivity contribution in [1.29, 1.82) is 0 Å². The van der Waals surface area contributed by atoms with Gasteiger partial charge in [0.15, 0.2) is 0 Å². The van der Waals surface area contributed by atoms with Crippen LogP contribution in [0.1, 0.15) is 17.5 Å². The molecule has 124 valence electrons. The summed E-state index contributed by atoms with van der Waals surface area (Å²) < 4.78 is 13.0. The highest BCUT2D eigenvalue weighted by atomic mass is 19.1. The molecule has 1 aliphatic heterocycles. The third-order valence-corrected chi connectivity index (χ3v) is 4.29. The Bertz CT molecular complexity index is 786. The summed E-state index contributed by atoms with van der Waals surface area (Å²) in [6, 6.07) is 11.6. The summed E-state index contributed by atoms with van der Waals surface area (Å²) in [5.74, 6) is -1.05. The first-order valence-corrected chi connectivity index (χ1v) is 7.88. The van der Waals surface area contributed by atoms with Gasteiger partial charge in [0.05, 0.1) is 5.92 Å². The van der Waals surface area contributed by atoms with Crippen LogP contribution in [0.3, 0.4) is 0 Å². The van der Waals surface area contributed by atoms with Gasteiger partial charge in [0, 0.05) is 24.3 Å². The molecule has 0 saturated carbocycles. The lowest BCUT2D eigenvalue weighted by Gasteiger charge is -2.17. The first-order chi connectivity index (χ1) is 11.4. The van der Waals surface area contributed by atoms with E-state index in [1.165, 1.54) is 17.0 Å². The molecule has 2 aromatic rings. The molecule has 2 aromatic carbocycles. The standard InChI is InChI=1S/C19H19FN2O2/c1-12-3-4-13(2)17(9-12)21-19(24)14-10-18(23)22(11-14)16-7-5-15(20)6-8-16/h3-9,14H,10-11H2,1-2H3,(H,21,24). The number of carbonyl (C=O) groups is 2. The maximum absolute atomic E-state index is 13.0. The molecule has 1 unspecified atom stereocenters. The van der Waals surface area contributed by atoms with Crippen molar-refractivity contribution < 1.29 is 14.0 Å². The molecule has 1 saturated heterocycles. The van der Waals surface area contributed by atoms with Crippen LogP contribution in [0.4, 0.5) is 15.8 Å². The maximum atomic E-state index is 13.0. The third kappa shape index (κ3) is 3.30. The summed E-state index contributed by atoms with van der Waals surface area (Å²) in [6.45, 7) is 4.20. The van der Waals surface area contributed by atoms with Gasteiger partial charge in [0.25, 0.3) is 0 Å². The molecule has 24 heavy (non-hydrogen) atoms. The van der Waals surface area contributed by atoms with Crippen molar-refractivity contribution in [1.82, 2.24) is 0 Å². The van der Waals surface area contributed by atoms with Crippen molar-refractivity contribution in [2.24, 2.45) is 5.92 Å². The highest BCUT2D eigenvalue weighted by Gasteiger charge is 2.35. The Morgan fingerprint density at radius 2 is 1.88 bits per heavy atom. The second-order valence-corrected chi connectivity index (χ2v) is 6.19. The predicted molar refractivity (Wildman–Crippen MR) is 91.4 cm³/mol. The summed E-state index contributed by atoms with van der Waals surface area (Å²) in [7, 11) is 0. The number of hydrogen-bond acceptors (Lipinski definition) is 2. The lowest BCUT2D eigenvalue weighted by atomic mass is 10.1. The van der Waals surface area contributed by atoms with Gasteiger partial charge in [-0.15, -0.1) is 0 Å². The molecule has 2 amide bonds. The fourth-order valence-corrected chi connectivity index (χ4v) is 2.86. The van der Waals surface area contributed by atoms with E-state index in [4.69, 9.17) is 0 Å². The molecule has 1 fully saturated rings. The highest BCUT2D eigenvalue weighted by molar-refractivity contribution is 6.03. The van der Waals surface area contributed by atoms with E-state index in [0.717, 1.165) is 16.8 Å². The van der Waals surface area contributed by atoms with Crippen molar-refractivity contribution >= 4 is 23.2 Å². The Hall–Kier alpha value is -2.69. The van der Waals surface area contributed by atoms with Crippen molar-refractivity contribution in [2.45, 2.75) is 20.3 Å². The van der Waals surface area contributed by atoms with Gasteiger partial charge in [-0.05, 0) is 55.3 Å². The zero-order valence-electron chi connectivity index (χ0n) is 13.7. The molecule has 1 N–H and O–H groups in total. The molecule has 4 nitrogen and oxygen atoms in total. The van der Waals surface area contributed by atoms with Crippen molar-refractivity contribution in [3.63, 3.8) is 0 Å². The minimum atomic E-state index is -0.414. The van der Waals surface area contributed by atoms with Crippen LogP contribution < -0.4 is 10.2 Å². The molecular formula is C19H19FN2O2. The average Bonchev–Trinajstić information content (AvgIpc) is 2.94. The minimum Gasteiger partial charge on any atom is -0.326 e. The van der Waals surface area contributed by atoms with Crippen LogP contribution in [-0.4, -0.2) is 18.4 Å². The molecule has 3 rings (SSSR count). The van der Waals surface area contributed by atoms with Crippen molar-refractivity contribution in [3.05, 3.63) is 59.4 Å². The number of hydrogen-bond donors (Lipinski definition) is 1.